The Bertz CT molecular complexity index is 436. The number of hydrogen-bond acceptors (Lipinski definition) is 1. The highest BCUT2D eigenvalue weighted by molar-refractivity contribution is 14.1. The van der Waals surface area contributed by atoms with Crippen molar-refractivity contribution in [1.82, 2.24) is 0 Å². The van der Waals surface area contributed by atoms with Gasteiger partial charge in [-0.1, -0.05) is 12.1 Å². The lowest BCUT2D eigenvalue weighted by atomic mass is 10.3. The van der Waals surface area contributed by atoms with Crippen LogP contribution in [0.5, 0.6) is 0 Å². The Kier molecular flexibility index (Phi) is 1.52. The average Bonchev–Trinajstić information content (AvgIpc) is 2.31. The van der Waals surface area contributed by atoms with Crippen molar-refractivity contribution in [1.29, 1.82) is 0 Å². The van der Waals surface area contributed by atoms with Crippen molar-refractivity contribution >= 4 is 34.6 Å². The van der Waals surface area contributed by atoms with Gasteiger partial charge in [0.2, 0.25) is 0 Å². The van der Waals surface area contributed by atoms with Crippen molar-refractivity contribution in [2.45, 2.75) is 0 Å². The predicted octanol–water partition coefficient (Wildman–Crippen LogP) is 0.232. The maximum Gasteiger partial charge on any atom is 0.270 e. The van der Waals surface area contributed by atoms with Crippen LogP contribution in [0.3, 0.4) is 0 Å². The number of nitrogens with zero attached hydrogens (tertiary/aromatic N) is 1. The third kappa shape index (κ3) is 1.09. The Morgan fingerprint density at radius 3 is 2.91 bits per heavy atom. The summed E-state index contributed by atoms with van der Waals surface area (Å²) in [4.78, 5) is 14.7. The summed E-state index contributed by atoms with van der Waals surface area (Å²) in [7, 11) is 0. The van der Waals surface area contributed by atoms with Gasteiger partial charge in [-0.25, -0.2) is 4.99 Å². The van der Waals surface area contributed by atoms with E-state index in [0.29, 0.717) is 0 Å². The standard InChI is InChI=1S/C8H4INO/c9-6-3-1-2-5-4-7(11)10-8(5)6/h1-4H. The van der Waals surface area contributed by atoms with Gasteiger partial charge in [-0.3, -0.25) is 4.79 Å². The lowest BCUT2D eigenvalue weighted by Crippen LogP contribution is -2.23. The Labute approximate surface area is 76.8 Å². The third-order valence-electron chi connectivity index (χ3n) is 1.52. The molecule has 0 saturated heterocycles. The SMILES string of the molecule is O=C1C=c2cccc(I)c2=N1. The molecule has 0 unspecified atom stereocenters. The Hall–Kier alpha value is -0.710. The van der Waals surface area contributed by atoms with E-state index in [1.54, 1.807) is 6.08 Å². The normalized spacial score (nSPS) is 13.7. The van der Waals surface area contributed by atoms with E-state index in [9.17, 15) is 4.79 Å². The summed E-state index contributed by atoms with van der Waals surface area (Å²) in [5, 5.41) is 1.75. The van der Waals surface area contributed by atoms with Gasteiger partial charge in [0, 0.05) is 14.9 Å². The van der Waals surface area contributed by atoms with Crippen LogP contribution in [0.4, 0.5) is 0 Å². The molecule has 1 aromatic rings. The van der Waals surface area contributed by atoms with E-state index in [2.05, 4.69) is 27.6 Å². The fraction of sp³-hybridized carbons (Fsp3) is 0. The molecule has 0 aliphatic carbocycles. The zero-order chi connectivity index (χ0) is 7.84. The van der Waals surface area contributed by atoms with Gasteiger partial charge in [-0.05, 0) is 28.7 Å². The summed E-state index contributed by atoms with van der Waals surface area (Å²) in [5.74, 6) is -0.149. The molecule has 0 aromatic heterocycles. The lowest BCUT2D eigenvalue weighted by Gasteiger charge is -1.85. The van der Waals surface area contributed by atoms with Crippen LogP contribution >= 0.6 is 22.6 Å². The second-order valence-corrected chi connectivity index (χ2v) is 3.43. The van der Waals surface area contributed by atoms with E-state index in [-0.39, 0.29) is 5.91 Å². The van der Waals surface area contributed by atoms with E-state index in [1.165, 1.54) is 0 Å². The molecule has 11 heavy (non-hydrogen) atoms. The molecule has 1 amide bonds. The van der Waals surface area contributed by atoms with Crippen LogP contribution < -0.4 is 10.6 Å². The number of benzene rings is 1. The highest BCUT2D eigenvalue weighted by atomic mass is 127. The molecule has 3 heteroatoms. The molecule has 1 aliphatic rings. The maximum atomic E-state index is 10.8. The van der Waals surface area contributed by atoms with Crippen molar-refractivity contribution in [3.05, 3.63) is 32.3 Å². The van der Waals surface area contributed by atoms with Crippen molar-refractivity contribution in [2.24, 2.45) is 4.99 Å². The van der Waals surface area contributed by atoms with E-state index in [1.807, 2.05) is 18.2 Å². The second kappa shape index (κ2) is 2.41. The Morgan fingerprint density at radius 1 is 1.36 bits per heavy atom. The number of halogens is 1. The van der Waals surface area contributed by atoms with Gasteiger partial charge in [0.25, 0.3) is 5.91 Å². The van der Waals surface area contributed by atoms with Crippen molar-refractivity contribution in [2.75, 3.05) is 0 Å². The molecule has 1 heterocycles. The van der Waals surface area contributed by atoms with Gasteiger partial charge in [0.1, 0.15) is 0 Å². The topological polar surface area (TPSA) is 29.4 Å². The van der Waals surface area contributed by atoms with Crippen molar-refractivity contribution < 1.29 is 4.79 Å². The zero-order valence-corrected chi connectivity index (χ0v) is 7.70. The fourth-order valence-corrected chi connectivity index (χ4v) is 1.68. The first-order valence-corrected chi connectivity index (χ1v) is 4.24. The smallest absolute Gasteiger partial charge is 0.267 e. The minimum absolute atomic E-state index is 0.149. The summed E-state index contributed by atoms with van der Waals surface area (Å²) in [6, 6.07) is 5.76. The van der Waals surface area contributed by atoms with Crippen LogP contribution in [0.15, 0.2) is 23.2 Å². The molecule has 54 valence electrons. The van der Waals surface area contributed by atoms with Crippen LogP contribution in [0, 0.1) is 3.57 Å². The van der Waals surface area contributed by atoms with Crippen LogP contribution in [0.1, 0.15) is 0 Å². The first kappa shape index (κ1) is 6.97. The van der Waals surface area contributed by atoms with Gasteiger partial charge in [0.05, 0.1) is 5.36 Å². The average molecular weight is 257 g/mol. The molecular formula is C8H4INO. The minimum atomic E-state index is -0.149. The van der Waals surface area contributed by atoms with Crippen LogP contribution in [0.2, 0.25) is 0 Å². The quantitative estimate of drug-likeness (QED) is 0.612. The van der Waals surface area contributed by atoms with Gasteiger partial charge < -0.3 is 0 Å². The monoisotopic (exact) mass is 257 g/mol. The summed E-state index contributed by atoms with van der Waals surface area (Å²) >= 11 is 2.17. The van der Waals surface area contributed by atoms with Crippen LogP contribution in [-0.4, -0.2) is 5.91 Å². The first-order valence-electron chi connectivity index (χ1n) is 3.16. The van der Waals surface area contributed by atoms with Gasteiger partial charge in [-0.15, -0.1) is 0 Å². The predicted molar refractivity (Wildman–Crippen MR) is 49.4 cm³/mol. The van der Waals surface area contributed by atoms with E-state index in [0.717, 1.165) is 14.1 Å². The molecular weight excluding hydrogens is 253 g/mol. The summed E-state index contributed by atoms with van der Waals surface area (Å²) in [6.45, 7) is 0. The number of amides is 1. The molecule has 2 nitrogen and oxygen atoms in total. The molecule has 1 aromatic carbocycles. The van der Waals surface area contributed by atoms with E-state index < -0.39 is 0 Å². The largest absolute Gasteiger partial charge is 0.270 e. The number of carbonyl (C=O) groups excluding carboxylic acids is 1. The Morgan fingerprint density at radius 2 is 2.18 bits per heavy atom. The molecule has 0 bridgehead atoms. The number of rotatable bonds is 0. The van der Waals surface area contributed by atoms with Crippen molar-refractivity contribution in [3.8, 4) is 0 Å². The number of hydrogen-bond donors (Lipinski definition) is 0. The van der Waals surface area contributed by atoms with Crippen molar-refractivity contribution in [3.63, 3.8) is 0 Å². The molecule has 1 aliphatic heterocycles. The number of fused-ring (bicyclic) bond motifs is 1. The second-order valence-electron chi connectivity index (χ2n) is 2.27. The molecule has 0 spiro atoms. The van der Waals surface area contributed by atoms with Crippen LogP contribution in [-0.2, 0) is 4.79 Å². The molecule has 0 saturated carbocycles. The molecule has 2 rings (SSSR count). The third-order valence-corrected chi connectivity index (χ3v) is 2.39. The summed E-state index contributed by atoms with van der Waals surface area (Å²) in [6.07, 6.45) is 1.55. The fourth-order valence-electron chi connectivity index (χ4n) is 1.04. The van der Waals surface area contributed by atoms with Gasteiger partial charge in [-0.2, -0.15) is 0 Å². The summed E-state index contributed by atoms with van der Waals surface area (Å²) in [5.41, 5.74) is 0. The minimum Gasteiger partial charge on any atom is -0.267 e. The molecule has 0 fully saturated rings. The summed E-state index contributed by atoms with van der Waals surface area (Å²) < 4.78 is 1.03. The highest BCUT2D eigenvalue weighted by Gasteiger charge is 2.03. The maximum absolute atomic E-state index is 10.8. The van der Waals surface area contributed by atoms with E-state index in [4.69, 9.17) is 0 Å². The zero-order valence-electron chi connectivity index (χ0n) is 5.54. The van der Waals surface area contributed by atoms with Gasteiger partial charge in [0.15, 0.2) is 0 Å². The number of carbonyl (C=O) groups is 1. The first-order chi connectivity index (χ1) is 5.27. The molecule has 0 radical (unpaired) electrons. The number of para-hydroxylation sites is 1. The van der Waals surface area contributed by atoms with Crippen LogP contribution in [0.25, 0.3) is 6.08 Å². The molecule has 0 atom stereocenters. The van der Waals surface area contributed by atoms with Gasteiger partial charge >= 0.3 is 0 Å². The Balaban J connectivity index is 2.97. The lowest BCUT2D eigenvalue weighted by molar-refractivity contribution is -0.112. The molecule has 0 N–H and O–H groups in total. The van der Waals surface area contributed by atoms with E-state index >= 15 is 0 Å². The highest BCUT2D eigenvalue weighted by Crippen LogP contribution is 1.95.